The summed E-state index contributed by atoms with van der Waals surface area (Å²) in [5.74, 6) is 0.744. The van der Waals surface area contributed by atoms with Crippen LogP contribution in [-0.4, -0.2) is 26.1 Å². The Hall–Kier alpha value is -1.17. The number of aryl methyl sites for hydroxylation is 1. The SMILES string of the molecule is COCCOc1ccc(C(=O)c2ccc(C)s2)cc1Br. The van der Waals surface area contributed by atoms with Gasteiger partial charge in [0.25, 0.3) is 0 Å². The van der Waals surface area contributed by atoms with Crippen LogP contribution in [0.1, 0.15) is 20.1 Å². The molecule has 0 atom stereocenters. The van der Waals surface area contributed by atoms with Gasteiger partial charge in [0.1, 0.15) is 12.4 Å². The molecule has 0 aliphatic rings. The smallest absolute Gasteiger partial charge is 0.202 e. The van der Waals surface area contributed by atoms with Crippen LogP contribution < -0.4 is 4.74 Å². The number of hydrogen-bond donors (Lipinski definition) is 0. The van der Waals surface area contributed by atoms with Crippen LogP contribution in [0.15, 0.2) is 34.8 Å². The number of halogens is 1. The molecular formula is C15H15BrO3S. The highest BCUT2D eigenvalue weighted by Gasteiger charge is 2.13. The fraction of sp³-hybridized carbons (Fsp3) is 0.267. The standard InChI is InChI=1S/C15H15BrO3S/c1-10-3-6-14(20-10)15(17)11-4-5-13(12(16)9-11)19-8-7-18-2/h3-6,9H,7-8H2,1-2H3. The molecular weight excluding hydrogens is 340 g/mol. The maximum atomic E-state index is 12.3. The second-order valence-corrected chi connectivity index (χ2v) is 6.37. The van der Waals surface area contributed by atoms with E-state index in [0.29, 0.717) is 24.5 Å². The van der Waals surface area contributed by atoms with Gasteiger partial charge >= 0.3 is 0 Å². The van der Waals surface area contributed by atoms with E-state index in [1.165, 1.54) is 11.3 Å². The Morgan fingerprint density at radius 1 is 1.25 bits per heavy atom. The fourth-order valence-corrected chi connectivity index (χ4v) is 3.02. The molecule has 0 bridgehead atoms. The first-order valence-corrected chi connectivity index (χ1v) is 7.75. The monoisotopic (exact) mass is 354 g/mol. The Bertz CT molecular complexity index is 607. The van der Waals surface area contributed by atoms with Crippen LogP contribution in [0.3, 0.4) is 0 Å². The number of rotatable bonds is 6. The van der Waals surface area contributed by atoms with E-state index in [0.717, 1.165) is 14.2 Å². The number of carbonyl (C=O) groups excluding carboxylic acids is 1. The molecule has 20 heavy (non-hydrogen) atoms. The van der Waals surface area contributed by atoms with Crippen molar-refractivity contribution < 1.29 is 14.3 Å². The second kappa shape index (κ2) is 7.02. The van der Waals surface area contributed by atoms with Crippen molar-refractivity contribution in [2.45, 2.75) is 6.92 Å². The molecule has 2 rings (SSSR count). The largest absolute Gasteiger partial charge is 0.490 e. The molecule has 3 nitrogen and oxygen atoms in total. The Morgan fingerprint density at radius 3 is 2.65 bits per heavy atom. The first-order chi connectivity index (χ1) is 9.61. The van der Waals surface area contributed by atoms with Gasteiger partial charge in [-0.2, -0.15) is 0 Å². The molecule has 2 aromatic rings. The van der Waals surface area contributed by atoms with Crippen molar-refractivity contribution in [1.29, 1.82) is 0 Å². The average molecular weight is 355 g/mol. The highest BCUT2D eigenvalue weighted by molar-refractivity contribution is 9.10. The third kappa shape index (κ3) is 3.69. The summed E-state index contributed by atoms with van der Waals surface area (Å²) in [7, 11) is 1.63. The Labute approximate surface area is 130 Å². The number of hydrogen-bond acceptors (Lipinski definition) is 4. The minimum absolute atomic E-state index is 0.0345. The molecule has 0 amide bonds. The molecule has 0 N–H and O–H groups in total. The zero-order valence-corrected chi connectivity index (χ0v) is 13.7. The van der Waals surface area contributed by atoms with Crippen LogP contribution in [0.4, 0.5) is 0 Å². The van der Waals surface area contributed by atoms with E-state index in [-0.39, 0.29) is 5.78 Å². The van der Waals surface area contributed by atoms with Gasteiger partial charge in [-0.1, -0.05) is 0 Å². The normalized spacial score (nSPS) is 10.6. The van der Waals surface area contributed by atoms with Gasteiger partial charge in [0.2, 0.25) is 5.78 Å². The predicted molar refractivity (Wildman–Crippen MR) is 84.0 cm³/mol. The van der Waals surface area contributed by atoms with Crippen LogP contribution in [-0.2, 0) is 4.74 Å². The van der Waals surface area contributed by atoms with E-state index in [9.17, 15) is 4.79 Å². The van der Waals surface area contributed by atoms with Gasteiger partial charge in [-0.15, -0.1) is 11.3 Å². The summed E-state index contributed by atoms with van der Waals surface area (Å²) in [5, 5.41) is 0. The van der Waals surface area contributed by atoms with E-state index in [4.69, 9.17) is 9.47 Å². The average Bonchev–Trinajstić information content (AvgIpc) is 2.86. The van der Waals surface area contributed by atoms with E-state index < -0.39 is 0 Å². The van der Waals surface area contributed by atoms with Crippen molar-refractivity contribution >= 4 is 33.0 Å². The van der Waals surface area contributed by atoms with Crippen molar-refractivity contribution in [3.63, 3.8) is 0 Å². The second-order valence-electron chi connectivity index (χ2n) is 4.23. The molecule has 0 spiro atoms. The Balaban J connectivity index is 2.14. The number of benzene rings is 1. The minimum atomic E-state index is 0.0345. The van der Waals surface area contributed by atoms with Crippen LogP contribution in [0.2, 0.25) is 0 Å². The van der Waals surface area contributed by atoms with Crippen molar-refractivity contribution in [3.05, 3.63) is 50.1 Å². The van der Waals surface area contributed by atoms with Crippen molar-refractivity contribution in [1.82, 2.24) is 0 Å². The molecule has 0 radical (unpaired) electrons. The van der Waals surface area contributed by atoms with Gasteiger partial charge in [-0.3, -0.25) is 4.79 Å². The summed E-state index contributed by atoms with van der Waals surface area (Å²) >= 11 is 4.94. The summed E-state index contributed by atoms with van der Waals surface area (Å²) in [6.45, 7) is 3.00. The van der Waals surface area contributed by atoms with Crippen molar-refractivity contribution in [2.75, 3.05) is 20.3 Å². The zero-order chi connectivity index (χ0) is 14.5. The lowest BCUT2D eigenvalue weighted by molar-refractivity contribution is 0.104. The third-order valence-corrected chi connectivity index (χ3v) is 4.32. The summed E-state index contributed by atoms with van der Waals surface area (Å²) < 4.78 is 11.2. The van der Waals surface area contributed by atoms with Crippen LogP contribution in [0, 0.1) is 6.92 Å². The highest BCUT2D eigenvalue weighted by atomic mass is 79.9. The summed E-state index contributed by atoms with van der Waals surface area (Å²) in [5.41, 5.74) is 0.651. The molecule has 5 heteroatoms. The maximum absolute atomic E-state index is 12.3. The lowest BCUT2D eigenvalue weighted by atomic mass is 10.1. The molecule has 0 aliphatic carbocycles. The molecule has 0 aliphatic heterocycles. The minimum Gasteiger partial charge on any atom is -0.490 e. The molecule has 106 valence electrons. The predicted octanol–water partition coefficient (Wildman–Crippen LogP) is 4.08. The number of carbonyl (C=O) groups is 1. The lowest BCUT2D eigenvalue weighted by Gasteiger charge is -2.08. The van der Waals surface area contributed by atoms with Crippen LogP contribution >= 0.6 is 27.3 Å². The van der Waals surface area contributed by atoms with Gasteiger partial charge in [0, 0.05) is 17.6 Å². The number of methoxy groups -OCH3 is 1. The molecule has 1 aromatic heterocycles. The molecule has 0 fully saturated rings. The number of thiophene rings is 1. The van der Waals surface area contributed by atoms with E-state index in [1.807, 2.05) is 19.1 Å². The summed E-state index contributed by atoms with van der Waals surface area (Å²) in [4.78, 5) is 14.2. The highest BCUT2D eigenvalue weighted by Crippen LogP contribution is 2.28. The van der Waals surface area contributed by atoms with Crippen molar-refractivity contribution in [3.8, 4) is 5.75 Å². The molecule has 0 saturated carbocycles. The van der Waals surface area contributed by atoms with Gasteiger partial charge in [-0.05, 0) is 53.2 Å². The summed E-state index contributed by atoms with van der Waals surface area (Å²) in [6, 6.07) is 9.19. The van der Waals surface area contributed by atoms with Crippen LogP contribution in [0.5, 0.6) is 5.75 Å². The summed E-state index contributed by atoms with van der Waals surface area (Å²) in [6.07, 6.45) is 0. The topological polar surface area (TPSA) is 35.5 Å². The van der Waals surface area contributed by atoms with E-state index >= 15 is 0 Å². The van der Waals surface area contributed by atoms with Gasteiger partial charge in [0.05, 0.1) is 16.0 Å². The van der Waals surface area contributed by atoms with Gasteiger partial charge < -0.3 is 9.47 Å². The van der Waals surface area contributed by atoms with Crippen molar-refractivity contribution in [2.24, 2.45) is 0 Å². The van der Waals surface area contributed by atoms with Gasteiger partial charge in [-0.25, -0.2) is 0 Å². The molecule has 0 unspecified atom stereocenters. The zero-order valence-electron chi connectivity index (χ0n) is 11.3. The molecule has 1 aromatic carbocycles. The van der Waals surface area contributed by atoms with E-state index in [1.54, 1.807) is 25.3 Å². The number of ketones is 1. The fourth-order valence-electron chi connectivity index (χ4n) is 1.69. The van der Waals surface area contributed by atoms with E-state index in [2.05, 4.69) is 15.9 Å². The quantitative estimate of drug-likeness (QED) is 0.579. The molecule has 0 saturated heterocycles. The Morgan fingerprint density at radius 2 is 2.05 bits per heavy atom. The lowest BCUT2D eigenvalue weighted by Crippen LogP contribution is -2.05. The third-order valence-electron chi connectivity index (χ3n) is 2.70. The van der Waals surface area contributed by atoms with Gasteiger partial charge in [0.15, 0.2) is 0 Å². The van der Waals surface area contributed by atoms with Crippen LogP contribution in [0.25, 0.3) is 0 Å². The number of ether oxygens (including phenoxy) is 2. The first-order valence-electron chi connectivity index (χ1n) is 6.14. The maximum Gasteiger partial charge on any atom is 0.202 e. The first kappa shape index (κ1) is 15.2. The Kier molecular flexibility index (Phi) is 5.34. The molecule has 1 heterocycles.